The number of anilines is 1. The molecule has 0 saturated heterocycles. The lowest BCUT2D eigenvalue weighted by atomic mass is 10.1. The van der Waals surface area contributed by atoms with Crippen LogP contribution in [0.25, 0.3) is 0 Å². The summed E-state index contributed by atoms with van der Waals surface area (Å²) in [6.45, 7) is 5.16. The number of hydrogen-bond acceptors (Lipinski definition) is 4. The van der Waals surface area contributed by atoms with Crippen LogP contribution in [0.4, 0.5) is 11.4 Å². The van der Waals surface area contributed by atoms with Gasteiger partial charge in [0.05, 0.1) is 11.5 Å². The van der Waals surface area contributed by atoms with Gasteiger partial charge in [-0.15, -0.1) is 0 Å². The van der Waals surface area contributed by atoms with Crippen LogP contribution in [-0.4, -0.2) is 17.2 Å². The molecule has 17 heavy (non-hydrogen) atoms. The lowest BCUT2D eigenvalue weighted by Gasteiger charge is -2.29. The molecule has 0 atom stereocenters. The van der Waals surface area contributed by atoms with Gasteiger partial charge in [-0.25, -0.2) is 0 Å². The highest BCUT2D eigenvalue weighted by Gasteiger charge is 2.16. The van der Waals surface area contributed by atoms with Crippen molar-refractivity contribution in [3.63, 3.8) is 0 Å². The Morgan fingerprint density at radius 1 is 1.24 bits per heavy atom. The van der Waals surface area contributed by atoms with Crippen molar-refractivity contribution in [2.75, 3.05) is 16.6 Å². The minimum Gasteiger partial charge on any atom is -0.312 e. The van der Waals surface area contributed by atoms with Crippen molar-refractivity contribution in [3.8, 4) is 0 Å². The van der Waals surface area contributed by atoms with Gasteiger partial charge in [0.2, 0.25) is 0 Å². The van der Waals surface area contributed by atoms with E-state index in [4.69, 9.17) is 0 Å². The molecule has 1 aromatic carbocycles. The van der Waals surface area contributed by atoms with E-state index in [1.807, 2.05) is 0 Å². The Labute approximate surface area is 105 Å². The standard InChI is InChI=1S/C12H14N2O2S/c1-9-7-13(17-8-10(9)2)11-3-5-12(6-4-11)14(15)16/h3-6H,7-8H2,1-2H3. The molecule has 5 heteroatoms. The quantitative estimate of drug-likeness (QED) is 0.349. The van der Waals surface area contributed by atoms with Crippen LogP contribution in [0.1, 0.15) is 13.8 Å². The molecule has 0 fully saturated rings. The molecule has 1 heterocycles. The SMILES string of the molecule is CC1=C(C)CN(c2ccc([N+](=O)[O-])cc2)SC1. The number of benzene rings is 1. The van der Waals surface area contributed by atoms with E-state index in [0.29, 0.717) is 0 Å². The predicted octanol–water partition coefficient (Wildman–Crippen LogP) is 3.40. The van der Waals surface area contributed by atoms with Crippen LogP contribution in [0.3, 0.4) is 0 Å². The highest BCUT2D eigenvalue weighted by atomic mass is 32.2. The third kappa shape index (κ3) is 2.61. The number of rotatable bonds is 2. The summed E-state index contributed by atoms with van der Waals surface area (Å²) in [5.41, 5.74) is 3.96. The molecular weight excluding hydrogens is 236 g/mol. The fourth-order valence-corrected chi connectivity index (χ4v) is 2.75. The van der Waals surface area contributed by atoms with Crippen molar-refractivity contribution in [3.05, 3.63) is 45.5 Å². The van der Waals surface area contributed by atoms with Gasteiger partial charge in [0.25, 0.3) is 5.69 Å². The van der Waals surface area contributed by atoms with Crippen LogP contribution in [0, 0.1) is 10.1 Å². The van der Waals surface area contributed by atoms with E-state index in [1.54, 1.807) is 36.2 Å². The number of non-ortho nitro benzene ring substituents is 1. The van der Waals surface area contributed by atoms with Crippen LogP contribution in [0.2, 0.25) is 0 Å². The number of nitrogens with zero attached hydrogens (tertiary/aromatic N) is 2. The van der Waals surface area contributed by atoms with E-state index in [1.165, 1.54) is 11.1 Å². The Morgan fingerprint density at radius 2 is 1.88 bits per heavy atom. The van der Waals surface area contributed by atoms with Crippen molar-refractivity contribution >= 4 is 23.3 Å². The highest BCUT2D eigenvalue weighted by molar-refractivity contribution is 8.00. The Bertz CT molecular complexity index is 468. The Hall–Kier alpha value is -1.49. The predicted molar refractivity (Wildman–Crippen MR) is 71.3 cm³/mol. The largest absolute Gasteiger partial charge is 0.312 e. The molecule has 1 aliphatic rings. The second-order valence-electron chi connectivity index (χ2n) is 4.14. The first-order chi connectivity index (χ1) is 8.08. The summed E-state index contributed by atoms with van der Waals surface area (Å²) < 4.78 is 2.17. The summed E-state index contributed by atoms with van der Waals surface area (Å²) in [6, 6.07) is 6.71. The summed E-state index contributed by atoms with van der Waals surface area (Å²) in [4.78, 5) is 10.2. The summed E-state index contributed by atoms with van der Waals surface area (Å²) in [5.74, 6) is 0.989. The van der Waals surface area contributed by atoms with E-state index in [-0.39, 0.29) is 10.6 Å². The zero-order valence-electron chi connectivity index (χ0n) is 9.84. The maximum atomic E-state index is 10.6. The number of nitro groups is 1. The van der Waals surface area contributed by atoms with Crippen LogP contribution in [0.5, 0.6) is 0 Å². The normalized spacial score (nSPS) is 16.2. The van der Waals surface area contributed by atoms with Gasteiger partial charge in [-0.05, 0) is 37.9 Å². The first-order valence-electron chi connectivity index (χ1n) is 5.38. The minimum absolute atomic E-state index is 0.138. The zero-order valence-corrected chi connectivity index (χ0v) is 10.7. The highest BCUT2D eigenvalue weighted by Crippen LogP contribution is 2.31. The lowest BCUT2D eigenvalue weighted by molar-refractivity contribution is -0.384. The smallest absolute Gasteiger partial charge is 0.269 e. The molecule has 0 radical (unpaired) electrons. The van der Waals surface area contributed by atoms with Crippen molar-refractivity contribution in [1.29, 1.82) is 0 Å². The molecule has 1 aromatic rings. The van der Waals surface area contributed by atoms with Gasteiger partial charge < -0.3 is 4.31 Å². The van der Waals surface area contributed by atoms with E-state index in [9.17, 15) is 10.1 Å². The van der Waals surface area contributed by atoms with E-state index < -0.39 is 0 Å². The molecule has 4 nitrogen and oxygen atoms in total. The molecule has 90 valence electrons. The fraction of sp³-hybridized carbons (Fsp3) is 0.333. The van der Waals surface area contributed by atoms with Gasteiger partial charge in [-0.2, -0.15) is 0 Å². The van der Waals surface area contributed by atoms with Gasteiger partial charge in [0, 0.05) is 23.6 Å². The Balaban J connectivity index is 2.16. The average Bonchev–Trinajstić information content (AvgIpc) is 2.33. The third-order valence-electron chi connectivity index (χ3n) is 2.89. The van der Waals surface area contributed by atoms with Crippen LogP contribution >= 0.6 is 11.9 Å². The molecule has 0 aliphatic carbocycles. The van der Waals surface area contributed by atoms with Gasteiger partial charge >= 0.3 is 0 Å². The maximum absolute atomic E-state index is 10.6. The topological polar surface area (TPSA) is 46.4 Å². The monoisotopic (exact) mass is 250 g/mol. The molecular formula is C12H14N2O2S. The van der Waals surface area contributed by atoms with E-state index in [0.717, 1.165) is 18.0 Å². The van der Waals surface area contributed by atoms with Gasteiger partial charge in [0.1, 0.15) is 0 Å². The van der Waals surface area contributed by atoms with Crippen molar-refractivity contribution < 1.29 is 4.92 Å². The van der Waals surface area contributed by atoms with Crippen LogP contribution in [0.15, 0.2) is 35.4 Å². The molecule has 0 bridgehead atoms. The summed E-state index contributed by atoms with van der Waals surface area (Å²) >= 11 is 1.75. The van der Waals surface area contributed by atoms with Crippen molar-refractivity contribution in [1.82, 2.24) is 0 Å². The lowest BCUT2D eigenvalue weighted by Crippen LogP contribution is -2.22. The Kier molecular flexibility index (Phi) is 3.38. The second kappa shape index (κ2) is 4.79. The number of hydrogen-bond donors (Lipinski definition) is 0. The molecule has 1 aliphatic heterocycles. The van der Waals surface area contributed by atoms with Crippen molar-refractivity contribution in [2.45, 2.75) is 13.8 Å². The third-order valence-corrected chi connectivity index (χ3v) is 4.11. The molecule has 2 rings (SSSR count). The first-order valence-corrected chi connectivity index (χ1v) is 6.32. The second-order valence-corrected chi connectivity index (χ2v) is 5.13. The first kappa shape index (κ1) is 12.0. The fourth-order valence-electron chi connectivity index (χ4n) is 1.60. The Morgan fingerprint density at radius 3 is 2.41 bits per heavy atom. The van der Waals surface area contributed by atoms with E-state index in [2.05, 4.69) is 18.2 Å². The number of nitro benzene ring substituents is 1. The molecule has 0 spiro atoms. The van der Waals surface area contributed by atoms with Crippen LogP contribution in [-0.2, 0) is 0 Å². The van der Waals surface area contributed by atoms with E-state index >= 15 is 0 Å². The zero-order chi connectivity index (χ0) is 12.4. The van der Waals surface area contributed by atoms with Crippen LogP contribution < -0.4 is 4.31 Å². The van der Waals surface area contributed by atoms with Gasteiger partial charge in [0.15, 0.2) is 0 Å². The summed E-state index contributed by atoms with van der Waals surface area (Å²) in [7, 11) is 0. The van der Waals surface area contributed by atoms with Gasteiger partial charge in [-0.3, -0.25) is 10.1 Å². The van der Waals surface area contributed by atoms with Crippen molar-refractivity contribution in [2.24, 2.45) is 0 Å². The molecule has 0 aromatic heterocycles. The molecule has 0 amide bonds. The summed E-state index contributed by atoms with van der Waals surface area (Å²) in [6.07, 6.45) is 0. The average molecular weight is 250 g/mol. The van der Waals surface area contributed by atoms with Gasteiger partial charge in [-0.1, -0.05) is 11.1 Å². The molecule has 0 saturated carbocycles. The minimum atomic E-state index is -0.373. The molecule has 0 unspecified atom stereocenters. The maximum Gasteiger partial charge on any atom is 0.269 e. The summed E-state index contributed by atoms with van der Waals surface area (Å²) in [5, 5.41) is 10.6. The molecule has 0 N–H and O–H groups in total.